The van der Waals surface area contributed by atoms with Crippen LogP contribution in [0.15, 0.2) is 24.3 Å². The van der Waals surface area contributed by atoms with Gasteiger partial charge in [-0.25, -0.2) is 4.68 Å². The number of benzene rings is 1. The van der Waals surface area contributed by atoms with Gasteiger partial charge in [-0.1, -0.05) is 31.2 Å². The number of halogens is 3. The van der Waals surface area contributed by atoms with Gasteiger partial charge in [-0.2, -0.15) is 13.2 Å². The maximum Gasteiger partial charge on any atom is 0.418 e. The summed E-state index contributed by atoms with van der Waals surface area (Å²) in [5, 5.41) is 16.7. The molecule has 0 bridgehead atoms. The maximum absolute atomic E-state index is 13.0. The van der Waals surface area contributed by atoms with Crippen molar-refractivity contribution in [3.63, 3.8) is 0 Å². The van der Waals surface area contributed by atoms with E-state index in [4.69, 9.17) is 0 Å². The van der Waals surface area contributed by atoms with E-state index in [1.54, 1.807) is 0 Å². The molecule has 0 fully saturated rings. The van der Waals surface area contributed by atoms with Gasteiger partial charge in [0.1, 0.15) is 5.69 Å². The highest BCUT2D eigenvalue weighted by atomic mass is 19.4. The molecule has 0 amide bonds. The van der Waals surface area contributed by atoms with Gasteiger partial charge in [0.2, 0.25) is 0 Å². The van der Waals surface area contributed by atoms with E-state index >= 15 is 0 Å². The molecule has 2 rings (SSSR count). The number of aliphatic hydroxyl groups is 1. The molecule has 7 heteroatoms. The van der Waals surface area contributed by atoms with Crippen LogP contribution in [0, 0.1) is 0 Å². The topological polar surface area (TPSA) is 50.9 Å². The van der Waals surface area contributed by atoms with E-state index in [-0.39, 0.29) is 23.9 Å². The predicted octanol–water partition coefficient (Wildman–Crippen LogP) is 2.90. The van der Waals surface area contributed by atoms with Crippen molar-refractivity contribution < 1.29 is 18.3 Å². The summed E-state index contributed by atoms with van der Waals surface area (Å²) in [6.07, 6.45) is -4.48. The Morgan fingerprint density at radius 2 is 1.90 bits per heavy atom. The van der Waals surface area contributed by atoms with Crippen molar-refractivity contribution in [3.05, 3.63) is 41.2 Å². The van der Waals surface area contributed by atoms with Crippen molar-refractivity contribution in [2.75, 3.05) is 0 Å². The molecule has 0 unspecified atom stereocenters. The number of hydrogen-bond acceptors (Lipinski definition) is 3. The molecule has 1 aromatic heterocycles. The fourth-order valence-electron chi connectivity index (χ4n) is 2.09. The maximum atomic E-state index is 13.0. The predicted molar refractivity (Wildman–Crippen MR) is 66.4 cm³/mol. The average Bonchev–Trinajstić information content (AvgIpc) is 2.81. The molecule has 1 aromatic carbocycles. The van der Waals surface area contributed by atoms with Gasteiger partial charge in [-0.3, -0.25) is 0 Å². The summed E-state index contributed by atoms with van der Waals surface area (Å²) >= 11 is 0. The van der Waals surface area contributed by atoms with Gasteiger partial charge in [-0.05, 0) is 18.1 Å². The van der Waals surface area contributed by atoms with Crippen LogP contribution < -0.4 is 0 Å². The summed E-state index contributed by atoms with van der Waals surface area (Å²) < 4.78 is 40.3. The monoisotopic (exact) mass is 285 g/mol. The number of para-hydroxylation sites is 1. The number of aromatic nitrogens is 3. The molecule has 0 saturated heterocycles. The summed E-state index contributed by atoms with van der Waals surface area (Å²) in [7, 11) is 0. The molecule has 0 radical (unpaired) electrons. The molecule has 0 aliphatic carbocycles. The van der Waals surface area contributed by atoms with E-state index in [1.807, 2.05) is 13.8 Å². The Balaban J connectivity index is 2.67. The minimum Gasteiger partial charge on any atom is -0.390 e. The first kappa shape index (κ1) is 14.5. The van der Waals surface area contributed by atoms with E-state index in [2.05, 4.69) is 10.3 Å². The van der Waals surface area contributed by atoms with E-state index in [0.29, 0.717) is 5.69 Å². The lowest BCUT2D eigenvalue weighted by Crippen LogP contribution is -2.14. The first-order valence-corrected chi connectivity index (χ1v) is 6.08. The third-order valence-corrected chi connectivity index (χ3v) is 2.91. The molecule has 0 aliphatic heterocycles. The molecular formula is C13H14F3N3O. The van der Waals surface area contributed by atoms with Crippen LogP contribution in [-0.4, -0.2) is 20.1 Å². The van der Waals surface area contributed by atoms with Gasteiger partial charge >= 0.3 is 6.18 Å². The number of aliphatic hydroxyl groups excluding tert-OH is 1. The Morgan fingerprint density at radius 3 is 2.45 bits per heavy atom. The molecule has 4 nitrogen and oxygen atoms in total. The van der Waals surface area contributed by atoms with Gasteiger partial charge in [0.15, 0.2) is 0 Å². The third kappa shape index (κ3) is 2.53. The van der Waals surface area contributed by atoms with Crippen molar-refractivity contribution in [2.45, 2.75) is 32.5 Å². The van der Waals surface area contributed by atoms with E-state index in [0.717, 1.165) is 10.7 Å². The molecule has 108 valence electrons. The van der Waals surface area contributed by atoms with Gasteiger partial charge < -0.3 is 5.11 Å². The fourth-order valence-corrected chi connectivity index (χ4v) is 2.09. The first-order chi connectivity index (χ1) is 9.36. The SMILES string of the molecule is CC(C)c1c(CO)nnn1-c1ccccc1C(F)(F)F. The number of nitrogens with zero attached hydrogens (tertiary/aromatic N) is 3. The van der Waals surface area contributed by atoms with Crippen molar-refractivity contribution in [1.82, 2.24) is 15.0 Å². The Bertz CT molecular complexity index is 605. The summed E-state index contributed by atoms with van der Waals surface area (Å²) in [5.41, 5.74) is -0.103. The highest BCUT2D eigenvalue weighted by molar-refractivity contribution is 5.44. The summed E-state index contributed by atoms with van der Waals surface area (Å²) in [4.78, 5) is 0. The number of alkyl halides is 3. The van der Waals surface area contributed by atoms with Crippen LogP contribution >= 0.6 is 0 Å². The lowest BCUT2D eigenvalue weighted by molar-refractivity contribution is -0.137. The van der Waals surface area contributed by atoms with E-state index < -0.39 is 11.7 Å². The molecule has 0 saturated carbocycles. The van der Waals surface area contributed by atoms with Crippen LogP contribution in [0.3, 0.4) is 0 Å². The smallest absolute Gasteiger partial charge is 0.390 e. The summed E-state index contributed by atoms with van der Waals surface area (Å²) in [5.74, 6) is -0.117. The molecular weight excluding hydrogens is 271 g/mol. The molecule has 1 heterocycles. The molecule has 0 atom stereocenters. The first-order valence-electron chi connectivity index (χ1n) is 6.08. The van der Waals surface area contributed by atoms with Gasteiger partial charge in [0, 0.05) is 0 Å². The van der Waals surface area contributed by atoms with Crippen molar-refractivity contribution in [1.29, 1.82) is 0 Å². The van der Waals surface area contributed by atoms with E-state index in [9.17, 15) is 18.3 Å². The van der Waals surface area contributed by atoms with Gasteiger partial charge in [0.05, 0.1) is 23.6 Å². The molecule has 20 heavy (non-hydrogen) atoms. The quantitative estimate of drug-likeness (QED) is 0.943. The Labute approximate surface area is 113 Å². The Kier molecular flexibility index (Phi) is 3.80. The van der Waals surface area contributed by atoms with Crippen molar-refractivity contribution in [3.8, 4) is 5.69 Å². The number of hydrogen-bond donors (Lipinski definition) is 1. The minimum absolute atomic E-state index is 0.0871. The summed E-state index contributed by atoms with van der Waals surface area (Å²) in [6, 6.07) is 5.17. The lowest BCUT2D eigenvalue weighted by Gasteiger charge is -2.15. The Hall–Kier alpha value is -1.89. The highest BCUT2D eigenvalue weighted by Crippen LogP contribution is 2.34. The normalized spacial score (nSPS) is 12.2. The number of rotatable bonds is 3. The zero-order chi connectivity index (χ0) is 14.9. The van der Waals surface area contributed by atoms with Gasteiger partial charge in [-0.15, -0.1) is 5.10 Å². The second-order valence-electron chi connectivity index (χ2n) is 4.66. The molecule has 0 aliphatic rings. The Morgan fingerprint density at radius 1 is 1.25 bits per heavy atom. The zero-order valence-corrected chi connectivity index (χ0v) is 11.0. The highest BCUT2D eigenvalue weighted by Gasteiger charge is 2.34. The van der Waals surface area contributed by atoms with Crippen LogP contribution in [0.1, 0.15) is 36.7 Å². The van der Waals surface area contributed by atoms with Crippen LogP contribution in [-0.2, 0) is 12.8 Å². The lowest BCUT2D eigenvalue weighted by atomic mass is 10.1. The largest absolute Gasteiger partial charge is 0.418 e. The zero-order valence-electron chi connectivity index (χ0n) is 11.0. The van der Waals surface area contributed by atoms with Crippen LogP contribution in [0.2, 0.25) is 0 Å². The third-order valence-electron chi connectivity index (χ3n) is 2.91. The fraction of sp³-hybridized carbons (Fsp3) is 0.385. The minimum atomic E-state index is -4.48. The van der Waals surface area contributed by atoms with E-state index in [1.165, 1.54) is 18.2 Å². The molecule has 0 spiro atoms. The summed E-state index contributed by atoms with van der Waals surface area (Å²) in [6.45, 7) is 3.26. The standard InChI is InChI=1S/C13H14F3N3O/c1-8(2)12-10(7-20)17-18-19(12)11-6-4-3-5-9(11)13(14,15)16/h3-6,8,20H,7H2,1-2H3. The van der Waals surface area contributed by atoms with Crippen LogP contribution in [0.25, 0.3) is 5.69 Å². The average molecular weight is 285 g/mol. The van der Waals surface area contributed by atoms with Crippen molar-refractivity contribution >= 4 is 0 Å². The second-order valence-corrected chi connectivity index (χ2v) is 4.66. The van der Waals surface area contributed by atoms with Gasteiger partial charge in [0.25, 0.3) is 0 Å². The molecule has 1 N–H and O–H groups in total. The van der Waals surface area contributed by atoms with Crippen LogP contribution in [0.5, 0.6) is 0 Å². The van der Waals surface area contributed by atoms with Crippen LogP contribution in [0.4, 0.5) is 13.2 Å². The molecule has 2 aromatic rings. The second kappa shape index (κ2) is 5.24. The van der Waals surface area contributed by atoms with Crippen molar-refractivity contribution in [2.24, 2.45) is 0 Å².